The molecular formula is C13H17N3O2S2. The molecule has 1 aliphatic heterocycles. The van der Waals surface area contributed by atoms with Gasteiger partial charge in [-0.15, -0.1) is 11.3 Å². The van der Waals surface area contributed by atoms with Crippen LogP contribution >= 0.6 is 11.3 Å². The fourth-order valence-electron chi connectivity index (χ4n) is 2.59. The van der Waals surface area contributed by atoms with Crippen LogP contribution < -0.4 is 5.73 Å². The van der Waals surface area contributed by atoms with E-state index in [9.17, 15) is 8.42 Å². The zero-order valence-corrected chi connectivity index (χ0v) is 12.7. The molecule has 1 aromatic heterocycles. The minimum absolute atomic E-state index is 0.0965. The second kappa shape index (κ2) is 5.40. The molecular weight excluding hydrogens is 294 g/mol. The maximum absolute atomic E-state index is 12.7. The highest BCUT2D eigenvalue weighted by Gasteiger charge is 2.34. The Balaban J connectivity index is 2.01. The molecule has 5 nitrogen and oxygen atoms in total. The van der Waals surface area contributed by atoms with Gasteiger partial charge in [0.15, 0.2) is 0 Å². The number of fused-ring (bicyclic) bond motifs is 1. The molecule has 1 aromatic carbocycles. The van der Waals surface area contributed by atoms with Crippen LogP contribution in [0.2, 0.25) is 0 Å². The van der Waals surface area contributed by atoms with Gasteiger partial charge in [0.25, 0.3) is 10.0 Å². The highest BCUT2D eigenvalue weighted by molar-refractivity contribution is 7.91. The van der Waals surface area contributed by atoms with E-state index in [0.29, 0.717) is 13.1 Å². The lowest BCUT2D eigenvalue weighted by molar-refractivity contribution is 0.257. The average Bonchev–Trinajstić information content (AvgIpc) is 2.92. The van der Waals surface area contributed by atoms with Gasteiger partial charge in [0.1, 0.15) is 0 Å². The molecule has 0 amide bonds. The first kappa shape index (κ1) is 13.9. The predicted molar refractivity (Wildman–Crippen MR) is 80.2 cm³/mol. The van der Waals surface area contributed by atoms with Crippen LogP contribution in [0, 0.1) is 0 Å². The van der Waals surface area contributed by atoms with Crippen molar-refractivity contribution in [1.29, 1.82) is 0 Å². The van der Waals surface area contributed by atoms with E-state index in [0.717, 1.165) is 29.5 Å². The Labute approximate surface area is 122 Å². The van der Waals surface area contributed by atoms with Gasteiger partial charge in [-0.25, -0.2) is 13.4 Å². The number of benzene rings is 1. The first-order valence-corrected chi connectivity index (χ1v) is 8.96. The molecule has 1 unspecified atom stereocenters. The average molecular weight is 311 g/mol. The number of para-hydroxylation sites is 1. The Morgan fingerprint density at radius 3 is 2.90 bits per heavy atom. The van der Waals surface area contributed by atoms with Gasteiger partial charge in [-0.1, -0.05) is 18.6 Å². The number of thiazole rings is 1. The second-order valence-corrected chi connectivity index (χ2v) is 8.04. The molecule has 2 aromatic rings. The summed E-state index contributed by atoms with van der Waals surface area (Å²) < 4.78 is 28.1. The van der Waals surface area contributed by atoms with Crippen molar-refractivity contribution >= 4 is 31.6 Å². The molecule has 2 N–H and O–H groups in total. The van der Waals surface area contributed by atoms with Crippen molar-refractivity contribution in [1.82, 2.24) is 9.29 Å². The minimum atomic E-state index is -3.52. The largest absolute Gasteiger partial charge is 0.329 e. The van der Waals surface area contributed by atoms with E-state index in [-0.39, 0.29) is 10.4 Å². The van der Waals surface area contributed by atoms with Crippen LogP contribution in [-0.2, 0) is 10.0 Å². The van der Waals surface area contributed by atoms with E-state index in [1.807, 2.05) is 24.3 Å². The lowest BCUT2D eigenvalue weighted by Gasteiger charge is -2.32. The van der Waals surface area contributed by atoms with Crippen LogP contribution in [0.15, 0.2) is 28.6 Å². The van der Waals surface area contributed by atoms with Crippen molar-refractivity contribution in [3.05, 3.63) is 24.3 Å². The SMILES string of the molecule is NCC1CCCCN1S(=O)(=O)c1nc2ccccc2s1. The number of sulfonamides is 1. The molecule has 0 aliphatic carbocycles. The smallest absolute Gasteiger partial charge is 0.270 e. The Hall–Kier alpha value is -1.02. The van der Waals surface area contributed by atoms with Gasteiger partial charge in [-0.3, -0.25) is 0 Å². The lowest BCUT2D eigenvalue weighted by Crippen LogP contribution is -2.47. The molecule has 2 heterocycles. The minimum Gasteiger partial charge on any atom is -0.329 e. The highest BCUT2D eigenvalue weighted by atomic mass is 32.2. The maximum atomic E-state index is 12.7. The molecule has 0 saturated carbocycles. The summed E-state index contributed by atoms with van der Waals surface area (Å²) in [6.45, 7) is 0.907. The number of piperidine rings is 1. The standard InChI is InChI=1S/C13H17N3O2S2/c14-9-10-5-3-4-8-16(10)20(17,18)13-15-11-6-1-2-7-12(11)19-13/h1-2,6-7,10H,3-5,8-9,14H2. The van der Waals surface area contributed by atoms with Crippen molar-refractivity contribution in [2.24, 2.45) is 5.73 Å². The quantitative estimate of drug-likeness (QED) is 0.937. The van der Waals surface area contributed by atoms with Gasteiger partial charge >= 0.3 is 0 Å². The third kappa shape index (κ3) is 2.35. The summed E-state index contributed by atoms with van der Waals surface area (Å²) in [7, 11) is -3.52. The summed E-state index contributed by atoms with van der Waals surface area (Å²) in [5.74, 6) is 0. The van der Waals surface area contributed by atoms with Crippen LogP contribution in [0.3, 0.4) is 0 Å². The highest BCUT2D eigenvalue weighted by Crippen LogP contribution is 2.30. The third-order valence-corrected chi connectivity index (χ3v) is 6.99. The molecule has 1 fully saturated rings. The molecule has 1 atom stereocenters. The summed E-state index contributed by atoms with van der Waals surface area (Å²) in [6, 6.07) is 7.38. The van der Waals surface area contributed by atoms with E-state index in [1.54, 1.807) is 0 Å². The molecule has 0 bridgehead atoms. The number of hydrogen-bond donors (Lipinski definition) is 1. The molecule has 0 radical (unpaired) electrons. The van der Waals surface area contributed by atoms with Gasteiger partial charge in [0.05, 0.1) is 10.2 Å². The summed E-state index contributed by atoms with van der Waals surface area (Å²) in [4.78, 5) is 4.28. The van der Waals surface area contributed by atoms with E-state index in [2.05, 4.69) is 4.98 Å². The fraction of sp³-hybridized carbons (Fsp3) is 0.462. The van der Waals surface area contributed by atoms with E-state index >= 15 is 0 Å². The summed E-state index contributed by atoms with van der Waals surface area (Å²) >= 11 is 1.23. The molecule has 7 heteroatoms. The molecule has 3 rings (SSSR count). The van der Waals surface area contributed by atoms with Crippen LogP contribution in [-0.4, -0.2) is 36.8 Å². The van der Waals surface area contributed by atoms with Gasteiger partial charge in [-0.05, 0) is 25.0 Å². The topological polar surface area (TPSA) is 76.3 Å². The first-order chi connectivity index (χ1) is 9.63. The van der Waals surface area contributed by atoms with Gasteiger partial charge in [0, 0.05) is 19.1 Å². The van der Waals surface area contributed by atoms with E-state index in [4.69, 9.17) is 5.73 Å². The summed E-state index contributed by atoms with van der Waals surface area (Å²) in [6.07, 6.45) is 2.76. The molecule has 20 heavy (non-hydrogen) atoms. The van der Waals surface area contributed by atoms with Crippen LogP contribution in [0.5, 0.6) is 0 Å². The van der Waals surface area contributed by atoms with Gasteiger partial charge in [0.2, 0.25) is 4.34 Å². The van der Waals surface area contributed by atoms with Crippen LogP contribution in [0.25, 0.3) is 10.2 Å². The van der Waals surface area contributed by atoms with E-state index in [1.165, 1.54) is 15.6 Å². The van der Waals surface area contributed by atoms with Crippen molar-refractivity contribution < 1.29 is 8.42 Å². The molecule has 0 spiro atoms. The maximum Gasteiger partial charge on any atom is 0.270 e. The van der Waals surface area contributed by atoms with Crippen LogP contribution in [0.1, 0.15) is 19.3 Å². The molecule has 1 aliphatic rings. The fourth-order valence-corrected chi connectivity index (χ4v) is 5.63. The zero-order chi connectivity index (χ0) is 14.2. The Morgan fingerprint density at radius 1 is 1.35 bits per heavy atom. The van der Waals surface area contributed by atoms with E-state index < -0.39 is 10.0 Å². The Bertz CT molecular complexity index is 678. The Kier molecular flexibility index (Phi) is 3.76. The van der Waals surface area contributed by atoms with Crippen molar-refractivity contribution in [3.8, 4) is 0 Å². The second-order valence-electron chi connectivity index (χ2n) is 4.95. The van der Waals surface area contributed by atoms with Crippen molar-refractivity contribution in [2.75, 3.05) is 13.1 Å². The normalized spacial score (nSPS) is 21.4. The Morgan fingerprint density at radius 2 is 2.15 bits per heavy atom. The number of hydrogen-bond acceptors (Lipinski definition) is 5. The summed E-state index contributed by atoms with van der Waals surface area (Å²) in [5, 5.41) is 0. The molecule has 1 saturated heterocycles. The predicted octanol–water partition coefficient (Wildman–Crippen LogP) is 1.80. The number of nitrogens with zero attached hydrogens (tertiary/aromatic N) is 2. The first-order valence-electron chi connectivity index (χ1n) is 6.70. The van der Waals surface area contributed by atoms with Gasteiger partial charge < -0.3 is 5.73 Å². The lowest BCUT2D eigenvalue weighted by atomic mass is 10.1. The molecule has 108 valence electrons. The summed E-state index contributed by atoms with van der Waals surface area (Å²) in [5.41, 5.74) is 6.45. The van der Waals surface area contributed by atoms with Crippen LogP contribution in [0.4, 0.5) is 0 Å². The van der Waals surface area contributed by atoms with Crippen molar-refractivity contribution in [3.63, 3.8) is 0 Å². The third-order valence-electron chi connectivity index (χ3n) is 3.65. The zero-order valence-electron chi connectivity index (χ0n) is 11.0. The number of aromatic nitrogens is 1. The van der Waals surface area contributed by atoms with Gasteiger partial charge in [-0.2, -0.15) is 4.31 Å². The number of nitrogens with two attached hydrogens (primary N) is 1. The number of rotatable bonds is 3. The van der Waals surface area contributed by atoms with Crippen molar-refractivity contribution in [2.45, 2.75) is 29.6 Å². The monoisotopic (exact) mass is 311 g/mol.